The molecule has 6 nitrogen and oxygen atoms in total. The van der Waals surface area contributed by atoms with E-state index < -0.39 is 11.4 Å². The van der Waals surface area contributed by atoms with Gasteiger partial charge >= 0.3 is 6.09 Å². The summed E-state index contributed by atoms with van der Waals surface area (Å²) in [6.45, 7) is 8.26. The molecule has 0 bridgehead atoms. The molecular formula is C24H27BrClFN4O2S. The van der Waals surface area contributed by atoms with Crippen LogP contribution in [0, 0.1) is 17.1 Å². The zero-order valence-corrected chi connectivity index (χ0v) is 22.9. The number of nitrogens with zero attached hydrogens (tertiary/aromatic N) is 4. The van der Waals surface area contributed by atoms with E-state index in [0.29, 0.717) is 29.0 Å². The van der Waals surface area contributed by atoms with Gasteiger partial charge < -0.3 is 14.2 Å². The normalized spacial score (nSPS) is 14.6. The largest absolute Gasteiger partial charge is 0.444 e. The summed E-state index contributed by atoms with van der Waals surface area (Å²) in [6, 6.07) is 5.74. The molecule has 34 heavy (non-hydrogen) atoms. The summed E-state index contributed by atoms with van der Waals surface area (Å²) in [4.78, 5) is 18.7. The molecule has 0 unspecified atom stereocenters. The maximum atomic E-state index is 15.0. The van der Waals surface area contributed by atoms with Crippen LogP contribution < -0.4 is 0 Å². The van der Waals surface area contributed by atoms with Gasteiger partial charge in [0.05, 0.1) is 21.1 Å². The number of nitriles is 1. The van der Waals surface area contributed by atoms with E-state index >= 15 is 0 Å². The fraction of sp³-hybridized carbons (Fsp3) is 0.458. The van der Waals surface area contributed by atoms with E-state index in [1.165, 1.54) is 18.7 Å². The van der Waals surface area contributed by atoms with Crippen molar-refractivity contribution in [2.45, 2.75) is 57.2 Å². The zero-order valence-electron chi connectivity index (χ0n) is 19.8. The van der Waals surface area contributed by atoms with Crippen LogP contribution in [-0.2, 0) is 4.74 Å². The average molecular weight is 570 g/mol. The molecule has 0 spiro atoms. The van der Waals surface area contributed by atoms with Gasteiger partial charge in [-0.15, -0.1) is 11.8 Å². The average Bonchev–Trinajstić information content (AvgIpc) is 3.22. The molecule has 1 fully saturated rings. The maximum Gasteiger partial charge on any atom is 0.410 e. The second-order valence-corrected chi connectivity index (χ2v) is 10.9. The van der Waals surface area contributed by atoms with E-state index in [9.17, 15) is 9.18 Å². The summed E-state index contributed by atoms with van der Waals surface area (Å²) >= 11 is 11.0. The lowest BCUT2D eigenvalue weighted by Gasteiger charge is -2.34. The molecular weight excluding hydrogens is 543 g/mol. The standard InChI is InChI=1S/C22H24BrClFN3O2S.C2H3N/c1-22(2,3)30-21(29)27-8-5-12(6-9-27)28-10-7-13-19(28)14-11-15(24)16(23)17(25)18(14)26-20(13)31-4;1-2-3/h7,10-12H,5-6,8-9H2,1-4H3;1H3. The molecule has 0 radical (unpaired) electrons. The number of fused-ring (bicyclic) bond motifs is 3. The van der Waals surface area contributed by atoms with E-state index in [4.69, 9.17) is 21.6 Å². The second-order valence-electron chi connectivity index (χ2n) is 8.91. The van der Waals surface area contributed by atoms with E-state index in [2.05, 4.69) is 25.5 Å². The molecule has 1 aliphatic rings. The number of benzene rings is 1. The van der Waals surface area contributed by atoms with Gasteiger partial charge in [0.1, 0.15) is 16.1 Å². The van der Waals surface area contributed by atoms with Crippen LogP contribution in [0.1, 0.15) is 46.6 Å². The molecule has 0 atom stereocenters. The van der Waals surface area contributed by atoms with Crippen molar-refractivity contribution in [2.75, 3.05) is 19.3 Å². The smallest absolute Gasteiger partial charge is 0.410 e. The Balaban J connectivity index is 0.00000103. The minimum absolute atomic E-state index is 0.182. The molecule has 1 amide bonds. The van der Waals surface area contributed by atoms with Crippen molar-refractivity contribution >= 4 is 67.2 Å². The van der Waals surface area contributed by atoms with Gasteiger partial charge in [-0.1, -0.05) is 11.6 Å². The van der Waals surface area contributed by atoms with Gasteiger partial charge in [-0.2, -0.15) is 5.26 Å². The van der Waals surface area contributed by atoms with Crippen molar-refractivity contribution < 1.29 is 13.9 Å². The number of rotatable bonds is 2. The van der Waals surface area contributed by atoms with E-state index in [1.54, 1.807) is 17.0 Å². The Morgan fingerprint density at radius 2 is 1.97 bits per heavy atom. The van der Waals surface area contributed by atoms with Gasteiger partial charge in [0, 0.05) is 43.0 Å². The van der Waals surface area contributed by atoms with Crippen LogP contribution in [0.3, 0.4) is 0 Å². The minimum Gasteiger partial charge on any atom is -0.444 e. The van der Waals surface area contributed by atoms with E-state index in [0.717, 1.165) is 28.8 Å². The molecule has 182 valence electrons. The number of piperidine rings is 1. The highest BCUT2D eigenvalue weighted by atomic mass is 79.9. The Morgan fingerprint density at radius 3 is 2.53 bits per heavy atom. The predicted molar refractivity (Wildman–Crippen MR) is 139 cm³/mol. The third-order valence-corrected chi connectivity index (χ3v) is 7.45. The summed E-state index contributed by atoms with van der Waals surface area (Å²) in [6.07, 6.45) is 5.27. The first-order valence-electron chi connectivity index (χ1n) is 10.8. The molecule has 1 saturated heterocycles. The second kappa shape index (κ2) is 10.7. The summed E-state index contributed by atoms with van der Waals surface area (Å²) < 4.78 is 22.9. The molecule has 4 rings (SSSR count). The van der Waals surface area contributed by atoms with Crippen LogP contribution in [0.5, 0.6) is 0 Å². The fourth-order valence-electron chi connectivity index (χ4n) is 4.05. The van der Waals surface area contributed by atoms with Crippen LogP contribution in [0.25, 0.3) is 21.8 Å². The van der Waals surface area contributed by atoms with Gasteiger partial charge in [-0.05, 0) is 67.9 Å². The van der Waals surface area contributed by atoms with Crippen molar-refractivity contribution in [1.82, 2.24) is 14.5 Å². The molecule has 0 N–H and O–H groups in total. The lowest BCUT2D eigenvalue weighted by Crippen LogP contribution is -2.42. The third kappa shape index (κ3) is 5.45. The molecule has 2 aromatic heterocycles. The number of pyridine rings is 1. The number of ether oxygens (including phenoxy) is 1. The van der Waals surface area contributed by atoms with E-state index in [1.807, 2.05) is 39.3 Å². The van der Waals surface area contributed by atoms with Crippen LogP contribution in [0.15, 0.2) is 27.8 Å². The quantitative estimate of drug-likeness (QED) is 0.235. The van der Waals surface area contributed by atoms with Crippen LogP contribution in [-0.4, -0.2) is 45.5 Å². The molecule has 0 saturated carbocycles. The van der Waals surface area contributed by atoms with Crippen molar-refractivity contribution in [3.63, 3.8) is 0 Å². The van der Waals surface area contributed by atoms with Gasteiger partial charge in [-0.25, -0.2) is 14.2 Å². The van der Waals surface area contributed by atoms with Crippen LogP contribution in [0.2, 0.25) is 5.02 Å². The monoisotopic (exact) mass is 568 g/mol. The molecule has 3 heterocycles. The Morgan fingerprint density at radius 1 is 1.35 bits per heavy atom. The molecule has 10 heteroatoms. The first-order chi connectivity index (χ1) is 16.0. The first kappa shape index (κ1) is 26.6. The number of hydrogen-bond donors (Lipinski definition) is 0. The first-order valence-corrected chi connectivity index (χ1v) is 13.2. The highest BCUT2D eigenvalue weighted by Crippen LogP contribution is 2.40. The summed E-state index contributed by atoms with van der Waals surface area (Å²) in [7, 11) is 0. The highest BCUT2D eigenvalue weighted by Gasteiger charge is 2.29. The van der Waals surface area contributed by atoms with Gasteiger partial charge in [0.25, 0.3) is 0 Å². The predicted octanol–water partition coefficient (Wildman–Crippen LogP) is 7.57. The number of likely N-dealkylation sites (tertiary alicyclic amines) is 1. The van der Waals surface area contributed by atoms with Crippen molar-refractivity contribution in [1.29, 1.82) is 5.26 Å². The number of hydrogen-bond acceptors (Lipinski definition) is 5. The summed E-state index contributed by atoms with van der Waals surface area (Å²) in [5.74, 6) is -0.452. The lowest BCUT2D eigenvalue weighted by molar-refractivity contribution is 0.0190. The number of thioether (sulfide) groups is 1. The zero-order chi connectivity index (χ0) is 25.2. The number of carbonyl (C=O) groups is 1. The fourth-order valence-corrected chi connectivity index (χ4v) is 5.12. The van der Waals surface area contributed by atoms with Crippen molar-refractivity contribution in [3.8, 4) is 6.07 Å². The van der Waals surface area contributed by atoms with Crippen LogP contribution >= 0.6 is 39.3 Å². The van der Waals surface area contributed by atoms with E-state index in [-0.39, 0.29) is 16.6 Å². The lowest BCUT2D eigenvalue weighted by atomic mass is 10.0. The van der Waals surface area contributed by atoms with Gasteiger partial charge in [0.15, 0.2) is 5.82 Å². The number of amides is 1. The summed E-state index contributed by atoms with van der Waals surface area (Å²) in [5.41, 5.74) is 0.722. The topological polar surface area (TPSA) is 71.2 Å². The van der Waals surface area contributed by atoms with Crippen molar-refractivity contribution in [2.24, 2.45) is 0 Å². The molecule has 1 aromatic carbocycles. The summed E-state index contributed by atoms with van der Waals surface area (Å²) in [5, 5.41) is 10.1. The minimum atomic E-state index is -0.512. The number of aromatic nitrogens is 2. The van der Waals surface area contributed by atoms with Gasteiger partial charge in [0.2, 0.25) is 0 Å². The van der Waals surface area contributed by atoms with Crippen LogP contribution in [0.4, 0.5) is 9.18 Å². The number of halogens is 3. The van der Waals surface area contributed by atoms with Crippen molar-refractivity contribution in [3.05, 3.63) is 33.6 Å². The Labute approximate surface area is 216 Å². The Kier molecular flexibility index (Phi) is 8.38. The van der Waals surface area contributed by atoms with Gasteiger partial charge in [-0.3, -0.25) is 0 Å². The Hall–Kier alpha value is -2.02. The highest BCUT2D eigenvalue weighted by molar-refractivity contribution is 9.10. The SMILES string of the molecule is CC#N.CSc1nc2c(F)c(Br)c(Cl)cc2c2c1ccn2C1CCN(C(=O)OC(C)(C)C)CC1. The Bertz CT molecular complexity index is 1260. The maximum absolute atomic E-state index is 15.0. The number of carbonyl (C=O) groups excluding carboxylic acids is 1. The molecule has 3 aromatic rings. The molecule has 1 aliphatic heterocycles. The third-order valence-electron chi connectivity index (χ3n) is 5.45. The molecule has 0 aliphatic carbocycles.